The molecule has 4 aliphatic carbocycles. The largest absolute Gasteiger partial charge is 0.446 e. The molecule has 0 heterocycles. The van der Waals surface area contributed by atoms with Gasteiger partial charge in [-0.25, -0.2) is 9.59 Å². The van der Waals surface area contributed by atoms with Gasteiger partial charge in [0.25, 0.3) is 0 Å². The Labute approximate surface area is 204 Å². The molecule has 6 atom stereocenters. The summed E-state index contributed by atoms with van der Waals surface area (Å²) in [5.41, 5.74) is 2.75. The molecule has 34 heavy (non-hydrogen) atoms. The van der Waals surface area contributed by atoms with Crippen LogP contribution < -0.4 is 10.6 Å². The lowest BCUT2D eigenvalue weighted by Gasteiger charge is -2.57. The van der Waals surface area contributed by atoms with Gasteiger partial charge in [0.05, 0.1) is 5.71 Å². The number of alkyl carbamates (subject to hydrolysis) is 1. The minimum Gasteiger partial charge on any atom is -0.446 e. The van der Waals surface area contributed by atoms with Gasteiger partial charge in [0.2, 0.25) is 0 Å². The van der Waals surface area contributed by atoms with E-state index >= 15 is 0 Å². The molecule has 0 aromatic rings. The van der Waals surface area contributed by atoms with Crippen LogP contribution >= 0.6 is 0 Å². The summed E-state index contributed by atoms with van der Waals surface area (Å²) < 4.78 is 5.75. The summed E-state index contributed by atoms with van der Waals surface area (Å²) in [5, 5.41) is 9.96. The molecule has 2 amide bonds. The second-order valence-electron chi connectivity index (χ2n) is 12.0. The Morgan fingerprint density at radius 3 is 2.32 bits per heavy atom. The van der Waals surface area contributed by atoms with Gasteiger partial charge in [-0.15, -0.1) is 0 Å². The molecule has 3 saturated carbocycles. The Kier molecular flexibility index (Phi) is 7.03. The van der Waals surface area contributed by atoms with Crippen LogP contribution in [0, 0.1) is 28.6 Å². The number of nitrogens with one attached hydrogen (secondary N) is 2. The molecule has 190 valence electrons. The highest BCUT2D eigenvalue weighted by molar-refractivity contribution is 5.92. The van der Waals surface area contributed by atoms with Gasteiger partial charge >= 0.3 is 12.2 Å². The molecule has 0 spiro atoms. The molecule has 0 radical (unpaired) electrons. The van der Waals surface area contributed by atoms with Crippen molar-refractivity contribution in [2.75, 3.05) is 0 Å². The van der Waals surface area contributed by atoms with Crippen molar-refractivity contribution in [2.45, 2.75) is 111 Å². The van der Waals surface area contributed by atoms with Crippen molar-refractivity contribution in [3.63, 3.8) is 0 Å². The van der Waals surface area contributed by atoms with Gasteiger partial charge in [0, 0.05) is 23.9 Å². The smallest absolute Gasteiger partial charge is 0.433 e. The number of oxime groups is 1. The predicted molar refractivity (Wildman–Crippen MR) is 132 cm³/mol. The van der Waals surface area contributed by atoms with E-state index < -0.39 is 6.09 Å². The van der Waals surface area contributed by atoms with E-state index in [9.17, 15) is 9.59 Å². The minimum atomic E-state index is -0.470. The van der Waals surface area contributed by atoms with Crippen LogP contribution in [0.1, 0.15) is 92.9 Å². The average molecular weight is 474 g/mol. The van der Waals surface area contributed by atoms with Gasteiger partial charge in [-0.2, -0.15) is 0 Å². The monoisotopic (exact) mass is 473 g/mol. The third-order valence-corrected chi connectivity index (χ3v) is 9.13. The van der Waals surface area contributed by atoms with Crippen LogP contribution in [-0.2, 0) is 9.57 Å². The molecular weight excluding hydrogens is 430 g/mol. The normalized spacial score (nSPS) is 38.0. The topological polar surface area (TPSA) is 89.0 Å². The standard InChI is InChI=1S/C27H43N3O4/c1-16(2)28-24(31)33-19-11-13-26(5)18(15-19)7-8-20-21-9-10-23(27(21,6)14-12-22(20)26)30-34-25(32)29-17(3)4/h7,16-17,19-22H,8-15H2,1-6H3,(H,28,31)(H,29,32)/b30-23+/t19-,20+,21+,22+,26+,27+/m1/s1. The number of carbonyl (C=O) groups excluding carboxylic acids is 2. The number of allylic oxidation sites excluding steroid dienone is 1. The van der Waals surface area contributed by atoms with Gasteiger partial charge in [0.15, 0.2) is 0 Å². The highest BCUT2D eigenvalue weighted by Gasteiger charge is 2.58. The summed E-state index contributed by atoms with van der Waals surface area (Å²) in [4.78, 5) is 29.3. The molecule has 7 heteroatoms. The molecule has 4 aliphatic rings. The fraction of sp³-hybridized carbons (Fsp3) is 0.815. The Morgan fingerprint density at radius 2 is 1.62 bits per heavy atom. The third-order valence-electron chi connectivity index (χ3n) is 9.13. The Bertz CT molecular complexity index is 866. The van der Waals surface area contributed by atoms with Gasteiger partial charge in [-0.3, -0.25) is 4.84 Å². The first-order chi connectivity index (χ1) is 16.0. The van der Waals surface area contributed by atoms with Crippen LogP contribution in [0.25, 0.3) is 0 Å². The molecule has 0 saturated heterocycles. The van der Waals surface area contributed by atoms with Crippen molar-refractivity contribution >= 4 is 17.9 Å². The average Bonchev–Trinajstić information content (AvgIpc) is 3.07. The molecule has 0 aliphatic heterocycles. The maximum absolute atomic E-state index is 12.1. The van der Waals surface area contributed by atoms with Crippen molar-refractivity contribution in [1.29, 1.82) is 0 Å². The van der Waals surface area contributed by atoms with E-state index in [0.29, 0.717) is 17.8 Å². The quantitative estimate of drug-likeness (QED) is 0.300. The van der Waals surface area contributed by atoms with Crippen LogP contribution in [0.15, 0.2) is 16.8 Å². The number of rotatable bonds is 4. The molecule has 7 nitrogen and oxygen atoms in total. The van der Waals surface area contributed by atoms with Gasteiger partial charge in [-0.05, 0) is 95.8 Å². The summed E-state index contributed by atoms with van der Waals surface area (Å²) in [7, 11) is 0. The highest BCUT2D eigenvalue weighted by Crippen LogP contribution is 2.64. The molecule has 4 rings (SSSR count). The minimum absolute atomic E-state index is 0.0101. The molecule has 0 aromatic carbocycles. The van der Waals surface area contributed by atoms with Crippen LogP contribution in [0.2, 0.25) is 0 Å². The highest BCUT2D eigenvalue weighted by atomic mass is 16.7. The molecule has 0 bridgehead atoms. The number of hydrogen-bond acceptors (Lipinski definition) is 5. The van der Waals surface area contributed by atoms with E-state index in [0.717, 1.165) is 50.7 Å². The van der Waals surface area contributed by atoms with Crippen molar-refractivity contribution in [2.24, 2.45) is 33.7 Å². The van der Waals surface area contributed by atoms with Crippen LogP contribution in [0.5, 0.6) is 0 Å². The summed E-state index contributed by atoms with van der Waals surface area (Å²) in [5.74, 6) is 1.86. The second kappa shape index (κ2) is 9.54. The number of nitrogens with zero attached hydrogens (tertiary/aromatic N) is 1. The van der Waals surface area contributed by atoms with E-state index in [2.05, 4.69) is 35.7 Å². The SMILES string of the molecule is CC(C)NC(=O)O/N=C1\CC[C@H]2[C@@H]3CC=C4C[C@H](OC(=O)NC(C)C)CC[C@]4(C)[C@H]3CC[C@]12C. The molecule has 2 N–H and O–H groups in total. The first kappa shape index (κ1) is 25.1. The van der Waals surface area contributed by atoms with E-state index in [4.69, 9.17) is 9.57 Å². The van der Waals surface area contributed by atoms with Crippen molar-refractivity contribution < 1.29 is 19.2 Å². The lowest BCUT2D eigenvalue weighted by Crippen LogP contribution is -2.51. The van der Waals surface area contributed by atoms with E-state index in [-0.39, 0.29) is 35.1 Å². The van der Waals surface area contributed by atoms with Gasteiger partial charge < -0.3 is 15.4 Å². The van der Waals surface area contributed by atoms with E-state index in [1.807, 2.05) is 27.7 Å². The van der Waals surface area contributed by atoms with E-state index in [1.54, 1.807) is 0 Å². The fourth-order valence-electron chi connectivity index (χ4n) is 7.45. The third kappa shape index (κ3) is 4.72. The zero-order valence-corrected chi connectivity index (χ0v) is 21.8. The predicted octanol–water partition coefficient (Wildman–Crippen LogP) is 5.94. The van der Waals surface area contributed by atoms with Crippen molar-refractivity contribution in [3.05, 3.63) is 11.6 Å². The number of amides is 2. The maximum Gasteiger partial charge on any atom is 0.433 e. The van der Waals surface area contributed by atoms with Crippen molar-refractivity contribution in [3.8, 4) is 0 Å². The first-order valence-corrected chi connectivity index (χ1v) is 13.2. The van der Waals surface area contributed by atoms with Crippen LogP contribution in [0.3, 0.4) is 0 Å². The van der Waals surface area contributed by atoms with E-state index in [1.165, 1.54) is 12.0 Å². The first-order valence-electron chi connectivity index (χ1n) is 13.2. The summed E-state index contributed by atoms with van der Waals surface area (Å²) in [6.45, 7) is 12.5. The maximum atomic E-state index is 12.1. The summed E-state index contributed by atoms with van der Waals surface area (Å²) in [6, 6.07) is 0.117. The van der Waals surface area contributed by atoms with Crippen molar-refractivity contribution in [1.82, 2.24) is 10.6 Å². The lowest BCUT2D eigenvalue weighted by molar-refractivity contribution is -0.0241. The second-order valence-corrected chi connectivity index (χ2v) is 12.0. The summed E-state index contributed by atoms with van der Waals surface area (Å²) >= 11 is 0. The molecule has 0 aromatic heterocycles. The van der Waals surface area contributed by atoms with Gasteiger partial charge in [0.1, 0.15) is 6.10 Å². The number of hydrogen-bond donors (Lipinski definition) is 2. The number of fused-ring (bicyclic) bond motifs is 5. The number of ether oxygens (including phenoxy) is 1. The Hall–Kier alpha value is -2.05. The van der Waals surface area contributed by atoms with Crippen LogP contribution in [0.4, 0.5) is 9.59 Å². The Morgan fingerprint density at radius 1 is 0.971 bits per heavy atom. The summed E-state index contributed by atoms with van der Waals surface area (Å²) in [6.07, 6.45) is 9.90. The zero-order valence-electron chi connectivity index (χ0n) is 21.8. The number of carbonyl (C=O) groups is 2. The Balaban J connectivity index is 1.45. The zero-order chi connectivity index (χ0) is 24.7. The molecule has 3 fully saturated rings. The van der Waals surface area contributed by atoms with Gasteiger partial charge in [-0.1, -0.05) is 30.7 Å². The lowest BCUT2D eigenvalue weighted by atomic mass is 9.48. The fourth-order valence-corrected chi connectivity index (χ4v) is 7.45. The van der Waals surface area contributed by atoms with Crippen LogP contribution in [-0.4, -0.2) is 36.1 Å². The molecule has 0 unspecified atom stereocenters. The molecular formula is C27H43N3O4.